The van der Waals surface area contributed by atoms with E-state index in [9.17, 15) is 0 Å². The fraction of sp³-hybridized carbons (Fsp3) is 0.0870. The van der Waals surface area contributed by atoms with Gasteiger partial charge in [0.1, 0.15) is 5.82 Å². The largest absolute Gasteiger partial charge is 0.327 e. The maximum absolute atomic E-state index is 4.80. The van der Waals surface area contributed by atoms with Crippen molar-refractivity contribution >= 4 is 0 Å². The second-order valence-electron chi connectivity index (χ2n) is 6.24. The summed E-state index contributed by atoms with van der Waals surface area (Å²) in [7, 11) is 2.09. The van der Waals surface area contributed by atoms with Gasteiger partial charge in [0.05, 0.1) is 11.4 Å². The smallest absolute Gasteiger partial charge is 0.140 e. The third-order valence-electron chi connectivity index (χ3n) is 4.57. The van der Waals surface area contributed by atoms with Crippen molar-refractivity contribution in [1.82, 2.24) is 9.55 Å². The van der Waals surface area contributed by atoms with Gasteiger partial charge >= 0.3 is 0 Å². The van der Waals surface area contributed by atoms with Crippen molar-refractivity contribution in [2.75, 3.05) is 0 Å². The van der Waals surface area contributed by atoms with Crippen LogP contribution in [0.3, 0.4) is 0 Å². The zero-order valence-corrected chi connectivity index (χ0v) is 14.5. The molecule has 1 aromatic heterocycles. The maximum atomic E-state index is 4.80. The summed E-state index contributed by atoms with van der Waals surface area (Å²) in [4.78, 5) is 4.80. The zero-order chi connectivity index (χ0) is 17.2. The average Bonchev–Trinajstić information content (AvgIpc) is 2.98. The van der Waals surface area contributed by atoms with Gasteiger partial charge in [-0.1, -0.05) is 84.9 Å². The molecule has 25 heavy (non-hydrogen) atoms. The number of aryl methyl sites for hydroxylation is 1. The van der Waals surface area contributed by atoms with Crippen LogP contribution in [0.25, 0.3) is 33.8 Å². The Morgan fingerprint density at radius 1 is 0.600 bits per heavy atom. The fourth-order valence-electron chi connectivity index (χ4n) is 3.33. The van der Waals surface area contributed by atoms with E-state index >= 15 is 0 Å². The van der Waals surface area contributed by atoms with Crippen molar-refractivity contribution in [2.24, 2.45) is 7.05 Å². The molecule has 0 radical (unpaired) electrons. The highest BCUT2D eigenvalue weighted by Crippen LogP contribution is 2.30. The molecule has 0 atom stereocenters. The minimum absolute atomic E-state index is 1.00. The molecule has 0 aliphatic carbocycles. The standard InChI is InChI=1S/C23H20N2/c1-17-22(25(2)23(24-17)21-11-7-4-8-12-21)20-15-13-19(14-16-20)18-9-5-3-6-10-18/h3-16H,1-2H3. The van der Waals surface area contributed by atoms with Crippen LogP contribution in [0.4, 0.5) is 0 Å². The van der Waals surface area contributed by atoms with Crippen LogP contribution in [0.1, 0.15) is 5.69 Å². The summed E-state index contributed by atoms with van der Waals surface area (Å²) in [6, 6.07) is 29.5. The van der Waals surface area contributed by atoms with Crippen LogP contribution >= 0.6 is 0 Å². The van der Waals surface area contributed by atoms with Crippen molar-refractivity contribution in [1.29, 1.82) is 0 Å². The van der Waals surface area contributed by atoms with Gasteiger partial charge in [0.2, 0.25) is 0 Å². The lowest BCUT2D eigenvalue weighted by Crippen LogP contribution is -1.95. The normalized spacial score (nSPS) is 10.8. The maximum Gasteiger partial charge on any atom is 0.140 e. The molecule has 4 rings (SSSR count). The lowest BCUT2D eigenvalue weighted by molar-refractivity contribution is 0.932. The first kappa shape index (κ1) is 15.4. The molecule has 0 N–H and O–H groups in total. The molecule has 122 valence electrons. The van der Waals surface area contributed by atoms with Crippen LogP contribution in [0.5, 0.6) is 0 Å². The Morgan fingerprint density at radius 3 is 1.68 bits per heavy atom. The molecular weight excluding hydrogens is 304 g/mol. The van der Waals surface area contributed by atoms with Crippen LogP contribution < -0.4 is 0 Å². The van der Waals surface area contributed by atoms with Gasteiger partial charge in [-0.15, -0.1) is 0 Å². The minimum Gasteiger partial charge on any atom is -0.327 e. The molecule has 0 amide bonds. The Bertz CT molecular complexity index is 982. The second kappa shape index (κ2) is 6.40. The quantitative estimate of drug-likeness (QED) is 0.470. The summed E-state index contributed by atoms with van der Waals surface area (Å²) in [5, 5.41) is 0. The van der Waals surface area contributed by atoms with Crippen molar-refractivity contribution < 1.29 is 0 Å². The highest BCUT2D eigenvalue weighted by atomic mass is 15.1. The van der Waals surface area contributed by atoms with Gasteiger partial charge < -0.3 is 4.57 Å². The average molecular weight is 324 g/mol. The first-order valence-electron chi connectivity index (χ1n) is 8.48. The number of imidazole rings is 1. The van der Waals surface area contributed by atoms with Crippen molar-refractivity contribution in [3.05, 3.63) is 90.6 Å². The van der Waals surface area contributed by atoms with Gasteiger partial charge in [-0.2, -0.15) is 0 Å². The van der Waals surface area contributed by atoms with Crippen LogP contribution in [-0.4, -0.2) is 9.55 Å². The predicted octanol–water partition coefficient (Wildman–Crippen LogP) is 5.73. The Balaban J connectivity index is 1.74. The third kappa shape index (κ3) is 2.87. The SMILES string of the molecule is Cc1nc(-c2ccccc2)n(C)c1-c1ccc(-c2ccccc2)cc1. The Hall–Kier alpha value is -3.13. The monoisotopic (exact) mass is 324 g/mol. The van der Waals surface area contributed by atoms with Gasteiger partial charge in [0.25, 0.3) is 0 Å². The zero-order valence-electron chi connectivity index (χ0n) is 14.5. The fourth-order valence-corrected chi connectivity index (χ4v) is 3.33. The molecule has 4 aromatic rings. The van der Waals surface area contributed by atoms with E-state index < -0.39 is 0 Å². The van der Waals surface area contributed by atoms with Gasteiger partial charge in [0, 0.05) is 18.2 Å². The van der Waals surface area contributed by atoms with E-state index in [0.29, 0.717) is 0 Å². The number of aromatic nitrogens is 2. The highest BCUT2D eigenvalue weighted by molar-refractivity contribution is 5.72. The van der Waals surface area contributed by atoms with Gasteiger partial charge in [-0.05, 0) is 18.1 Å². The molecule has 0 aliphatic heterocycles. The highest BCUT2D eigenvalue weighted by Gasteiger charge is 2.14. The molecule has 0 saturated heterocycles. The van der Waals surface area contributed by atoms with Gasteiger partial charge in [-0.3, -0.25) is 0 Å². The molecule has 0 fully saturated rings. The Morgan fingerprint density at radius 2 is 1.08 bits per heavy atom. The van der Waals surface area contributed by atoms with Crippen molar-refractivity contribution in [2.45, 2.75) is 6.92 Å². The number of hydrogen-bond donors (Lipinski definition) is 0. The van der Waals surface area contributed by atoms with E-state index in [4.69, 9.17) is 4.98 Å². The number of nitrogens with zero attached hydrogens (tertiary/aromatic N) is 2. The molecule has 0 bridgehead atoms. The van der Waals surface area contributed by atoms with Crippen LogP contribution in [0, 0.1) is 6.92 Å². The number of hydrogen-bond acceptors (Lipinski definition) is 1. The van der Waals surface area contributed by atoms with Gasteiger partial charge in [0.15, 0.2) is 0 Å². The van der Waals surface area contributed by atoms with Crippen LogP contribution in [0.15, 0.2) is 84.9 Å². The minimum atomic E-state index is 1.00. The van der Waals surface area contributed by atoms with E-state index in [-0.39, 0.29) is 0 Å². The molecule has 0 spiro atoms. The lowest BCUT2D eigenvalue weighted by atomic mass is 10.0. The summed E-state index contributed by atoms with van der Waals surface area (Å²) in [6.07, 6.45) is 0. The summed E-state index contributed by atoms with van der Waals surface area (Å²) in [5.74, 6) is 1.00. The summed E-state index contributed by atoms with van der Waals surface area (Å²) in [6.45, 7) is 2.08. The summed E-state index contributed by atoms with van der Waals surface area (Å²) >= 11 is 0. The van der Waals surface area contributed by atoms with E-state index in [1.54, 1.807) is 0 Å². The third-order valence-corrected chi connectivity index (χ3v) is 4.57. The first-order valence-corrected chi connectivity index (χ1v) is 8.48. The van der Waals surface area contributed by atoms with E-state index in [1.807, 2.05) is 24.3 Å². The molecule has 3 aromatic carbocycles. The summed E-state index contributed by atoms with van der Waals surface area (Å²) < 4.78 is 2.18. The van der Waals surface area contributed by atoms with Crippen molar-refractivity contribution in [3.63, 3.8) is 0 Å². The van der Waals surface area contributed by atoms with E-state index in [0.717, 1.165) is 17.1 Å². The molecule has 2 heteroatoms. The van der Waals surface area contributed by atoms with Gasteiger partial charge in [-0.25, -0.2) is 4.98 Å². The topological polar surface area (TPSA) is 17.8 Å². The molecule has 0 aliphatic rings. The van der Waals surface area contributed by atoms with Crippen molar-refractivity contribution in [3.8, 4) is 33.8 Å². The predicted molar refractivity (Wildman–Crippen MR) is 104 cm³/mol. The molecule has 0 unspecified atom stereocenters. The lowest BCUT2D eigenvalue weighted by Gasteiger charge is -2.08. The molecular formula is C23H20N2. The van der Waals surface area contributed by atoms with Crippen LogP contribution in [-0.2, 0) is 7.05 Å². The van der Waals surface area contributed by atoms with E-state index in [2.05, 4.69) is 79.2 Å². The van der Waals surface area contributed by atoms with E-state index in [1.165, 1.54) is 22.4 Å². The molecule has 2 nitrogen and oxygen atoms in total. The Labute approximate surface area is 148 Å². The van der Waals surface area contributed by atoms with Crippen LogP contribution in [0.2, 0.25) is 0 Å². The first-order chi connectivity index (χ1) is 12.2. The number of benzene rings is 3. The summed E-state index contributed by atoms with van der Waals surface area (Å²) in [5.41, 5.74) is 7.01. The molecule has 1 heterocycles. The number of rotatable bonds is 3. The Kier molecular flexibility index (Phi) is 3.95. The molecule has 0 saturated carbocycles. The second-order valence-corrected chi connectivity index (χ2v) is 6.24.